The highest BCUT2D eigenvalue weighted by Crippen LogP contribution is 2.30. The molecule has 0 saturated carbocycles. The first-order valence-corrected chi connectivity index (χ1v) is 6.29. The first kappa shape index (κ1) is 13.2. The summed E-state index contributed by atoms with van der Waals surface area (Å²) in [6.07, 6.45) is 2.39. The molecule has 0 aliphatic heterocycles. The van der Waals surface area contributed by atoms with Crippen molar-refractivity contribution >= 4 is 11.9 Å². The van der Waals surface area contributed by atoms with E-state index < -0.39 is 6.17 Å². The first-order chi connectivity index (χ1) is 9.04. The van der Waals surface area contributed by atoms with Gasteiger partial charge in [0.1, 0.15) is 6.17 Å². The van der Waals surface area contributed by atoms with Gasteiger partial charge in [-0.15, -0.1) is 0 Å². The zero-order valence-corrected chi connectivity index (χ0v) is 10.8. The molecule has 0 radical (unpaired) electrons. The molecule has 1 aromatic rings. The van der Waals surface area contributed by atoms with Gasteiger partial charge in [-0.05, 0) is 36.3 Å². The van der Waals surface area contributed by atoms with E-state index >= 15 is 0 Å². The van der Waals surface area contributed by atoms with Gasteiger partial charge in [-0.25, -0.2) is 9.98 Å². The van der Waals surface area contributed by atoms with Crippen LogP contribution in [0.25, 0.3) is 0 Å². The van der Waals surface area contributed by atoms with Crippen molar-refractivity contribution in [2.45, 2.75) is 25.4 Å². The summed E-state index contributed by atoms with van der Waals surface area (Å²) >= 11 is 0. The lowest BCUT2D eigenvalue weighted by molar-refractivity contribution is 0.459. The van der Waals surface area contributed by atoms with Crippen LogP contribution < -0.4 is 22.9 Å². The van der Waals surface area contributed by atoms with E-state index in [1.807, 2.05) is 0 Å². The zero-order chi connectivity index (χ0) is 13.8. The summed E-state index contributed by atoms with van der Waals surface area (Å²) in [5.41, 5.74) is 24.4. The minimum Gasteiger partial charge on any atom is -0.370 e. The minimum atomic E-state index is -0.394. The fourth-order valence-corrected chi connectivity index (χ4v) is 2.59. The highest BCUT2D eigenvalue weighted by Gasteiger charge is 2.23. The molecule has 1 aliphatic rings. The van der Waals surface area contributed by atoms with Crippen LogP contribution in [-0.4, -0.2) is 18.1 Å². The smallest absolute Gasteiger partial charge is 0.188 e. The lowest BCUT2D eigenvalue weighted by Crippen LogP contribution is -2.29. The van der Waals surface area contributed by atoms with E-state index in [1.165, 1.54) is 11.1 Å². The van der Waals surface area contributed by atoms with Crippen LogP contribution >= 0.6 is 0 Å². The van der Waals surface area contributed by atoms with Gasteiger partial charge in [-0.2, -0.15) is 0 Å². The summed E-state index contributed by atoms with van der Waals surface area (Å²) in [7, 11) is 0. The normalized spacial score (nSPS) is 14.2. The molecular weight excluding hydrogens is 240 g/mol. The Morgan fingerprint density at radius 3 is 1.89 bits per heavy atom. The quantitative estimate of drug-likeness (QED) is 0.436. The van der Waals surface area contributed by atoms with Crippen LogP contribution in [0.1, 0.15) is 17.5 Å². The zero-order valence-electron chi connectivity index (χ0n) is 10.8. The van der Waals surface area contributed by atoms with Crippen molar-refractivity contribution < 1.29 is 0 Å². The molecule has 0 atom stereocenters. The minimum absolute atomic E-state index is 0.00510. The van der Waals surface area contributed by atoms with Crippen LogP contribution in [0.3, 0.4) is 0 Å². The predicted molar refractivity (Wildman–Crippen MR) is 77.4 cm³/mol. The van der Waals surface area contributed by atoms with Crippen molar-refractivity contribution in [3.05, 3.63) is 35.4 Å². The van der Waals surface area contributed by atoms with E-state index in [9.17, 15) is 0 Å². The van der Waals surface area contributed by atoms with Crippen molar-refractivity contribution in [2.75, 3.05) is 0 Å². The van der Waals surface area contributed by atoms with Crippen molar-refractivity contribution in [2.24, 2.45) is 38.8 Å². The third-order valence-corrected chi connectivity index (χ3v) is 3.28. The molecule has 0 bridgehead atoms. The second kappa shape index (κ2) is 5.60. The number of nitrogens with zero attached hydrogens (tertiary/aromatic N) is 2. The molecule has 2 rings (SSSR count). The van der Waals surface area contributed by atoms with Gasteiger partial charge in [0.05, 0.1) is 0 Å². The van der Waals surface area contributed by atoms with Gasteiger partial charge in [0, 0.05) is 0 Å². The van der Waals surface area contributed by atoms with Gasteiger partial charge in [-0.1, -0.05) is 24.3 Å². The van der Waals surface area contributed by atoms with Crippen LogP contribution in [0.4, 0.5) is 0 Å². The maximum atomic E-state index is 5.40. The van der Waals surface area contributed by atoms with Crippen LogP contribution in [0.5, 0.6) is 0 Å². The Morgan fingerprint density at radius 1 is 1.00 bits per heavy atom. The summed E-state index contributed by atoms with van der Waals surface area (Å²) in [5.74, 6) is 0.477. The molecule has 102 valence electrons. The summed E-state index contributed by atoms with van der Waals surface area (Å²) in [6, 6.07) is 8.44. The summed E-state index contributed by atoms with van der Waals surface area (Å²) < 4.78 is 0. The molecule has 19 heavy (non-hydrogen) atoms. The third kappa shape index (κ3) is 3.61. The summed E-state index contributed by atoms with van der Waals surface area (Å²) in [5, 5.41) is 0. The molecule has 6 nitrogen and oxygen atoms in total. The highest BCUT2D eigenvalue weighted by molar-refractivity contribution is 5.77. The summed E-state index contributed by atoms with van der Waals surface area (Å²) in [4.78, 5) is 8.14. The Balaban J connectivity index is 2.04. The van der Waals surface area contributed by atoms with E-state index in [2.05, 4.69) is 34.3 Å². The van der Waals surface area contributed by atoms with Crippen LogP contribution in [-0.2, 0) is 12.8 Å². The fourth-order valence-electron chi connectivity index (χ4n) is 2.59. The SMILES string of the molecule is NC(N)=NC(CC1Cc2ccccc2C1)N=C(N)N. The van der Waals surface area contributed by atoms with E-state index in [0.717, 1.165) is 19.3 Å². The van der Waals surface area contributed by atoms with Crippen LogP contribution in [0.15, 0.2) is 34.3 Å². The molecule has 0 amide bonds. The molecule has 8 N–H and O–H groups in total. The highest BCUT2D eigenvalue weighted by atomic mass is 15.1. The third-order valence-electron chi connectivity index (χ3n) is 3.28. The number of hydrogen-bond acceptors (Lipinski definition) is 2. The van der Waals surface area contributed by atoms with Crippen molar-refractivity contribution in [3.63, 3.8) is 0 Å². The Hall–Kier alpha value is -2.24. The van der Waals surface area contributed by atoms with Crippen LogP contribution in [0, 0.1) is 5.92 Å². The lowest BCUT2D eigenvalue weighted by atomic mass is 10.0. The Labute approximate surface area is 112 Å². The maximum absolute atomic E-state index is 5.40. The van der Waals surface area contributed by atoms with E-state index in [1.54, 1.807) is 0 Å². The molecule has 0 fully saturated rings. The fraction of sp³-hybridized carbons (Fsp3) is 0.385. The number of hydrogen-bond donors (Lipinski definition) is 4. The van der Waals surface area contributed by atoms with E-state index in [4.69, 9.17) is 22.9 Å². The largest absolute Gasteiger partial charge is 0.370 e. The molecule has 6 heteroatoms. The Kier molecular flexibility index (Phi) is 3.89. The monoisotopic (exact) mass is 260 g/mol. The molecule has 1 aromatic carbocycles. The van der Waals surface area contributed by atoms with Crippen molar-refractivity contribution in [1.29, 1.82) is 0 Å². The average Bonchev–Trinajstić information content (AvgIpc) is 2.68. The number of guanidine groups is 2. The molecule has 1 aliphatic carbocycles. The standard InChI is InChI=1S/C13H20N6/c14-12(15)18-11(19-13(16)17)7-8-5-9-3-1-2-4-10(9)6-8/h1-4,8,11H,5-7H2,(H4,14,15,18)(H4,16,17,19). The molecular formula is C13H20N6. The van der Waals surface area contributed by atoms with Gasteiger partial charge in [0.2, 0.25) is 0 Å². The van der Waals surface area contributed by atoms with Crippen LogP contribution in [0.2, 0.25) is 0 Å². The predicted octanol–water partition coefficient (Wildman–Crippen LogP) is -0.336. The topological polar surface area (TPSA) is 129 Å². The number of fused-ring (bicyclic) bond motifs is 1. The van der Waals surface area contributed by atoms with Crippen molar-refractivity contribution in [3.8, 4) is 0 Å². The second-order valence-electron chi connectivity index (χ2n) is 4.87. The number of nitrogens with two attached hydrogens (primary N) is 4. The van der Waals surface area contributed by atoms with Gasteiger partial charge in [0.25, 0.3) is 0 Å². The van der Waals surface area contributed by atoms with Crippen molar-refractivity contribution in [1.82, 2.24) is 0 Å². The molecule has 0 spiro atoms. The number of benzene rings is 1. The summed E-state index contributed by atoms with van der Waals surface area (Å²) in [6.45, 7) is 0. The lowest BCUT2D eigenvalue weighted by Gasteiger charge is -2.13. The number of aliphatic imine (C=N–C) groups is 2. The Morgan fingerprint density at radius 2 is 1.47 bits per heavy atom. The first-order valence-electron chi connectivity index (χ1n) is 6.29. The molecule has 0 heterocycles. The second-order valence-corrected chi connectivity index (χ2v) is 4.87. The molecule has 0 aromatic heterocycles. The molecule has 0 unspecified atom stereocenters. The van der Waals surface area contributed by atoms with E-state index in [0.29, 0.717) is 5.92 Å². The number of rotatable bonds is 4. The molecule has 0 saturated heterocycles. The van der Waals surface area contributed by atoms with E-state index in [-0.39, 0.29) is 11.9 Å². The average molecular weight is 260 g/mol. The van der Waals surface area contributed by atoms with Gasteiger partial charge >= 0.3 is 0 Å². The van der Waals surface area contributed by atoms with Gasteiger partial charge in [-0.3, -0.25) is 0 Å². The maximum Gasteiger partial charge on any atom is 0.188 e. The Bertz CT molecular complexity index is 457. The van der Waals surface area contributed by atoms with Gasteiger partial charge < -0.3 is 22.9 Å². The van der Waals surface area contributed by atoms with Gasteiger partial charge in [0.15, 0.2) is 11.9 Å².